The van der Waals surface area contributed by atoms with Gasteiger partial charge >= 0.3 is 6.18 Å². The molecule has 0 spiro atoms. The predicted molar refractivity (Wildman–Crippen MR) is 140 cm³/mol. The molecule has 0 fully saturated rings. The van der Waals surface area contributed by atoms with E-state index in [0.29, 0.717) is 30.1 Å². The molecule has 2 N–H and O–H groups in total. The third kappa shape index (κ3) is 5.31. The molecule has 3 heterocycles. The van der Waals surface area contributed by atoms with E-state index < -0.39 is 17.6 Å². The topological polar surface area (TPSA) is 108 Å². The zero-order valence-electron chi connectivity index (χ0n) is 21.0. The van der Waals surface area contributed by atoms with Crippen molar-refractivity contribution in [1.82, 2.24) is 29.3 Å². The highest BCUT2D eigenvalue weighted by atomic mass is 19.4. The van der Waals surface area contributed by atoms with Crippen LogP contribution in [0, 0.1) is 0 Å². The molecular formula is C27H25F3N8O. The Morgan fingerprint density at radius 1 is 1.03 bits per heavy atom. The van der Waals surface area contributed by atoms with Gasteiger partial charge in [0.1, 0.15) is 0 Å². The van der Waals surface area contributed by atoms with Gasteiger partial charge in [-0.1, -0.05) is 43.3 Å². The Labute approximate surface area is 221 Å². The van der Waals surface area contributed by atoms with Crippen LogP contribution in [-0.2, 0) is 19.1 Å². The Hall–Kier alpha value is -4.74. The van der Waals surface area contributed by atoms with Crippen molar-refractivity contribution < 1.29 is 18.0 Å². The van der Waals surface area contributed by atoms with E-state index >= 15 is 0 Å². The smallest absolute Gasteiger partial charge is 0.382 e. The maximum Gasteiger partial charge on any atom is 0.416 e. The lowest BCUT2D eigenvalue weighted by Gasteiger charge is -2.22. The molecule has 0 aliphatic carbocycles. The molecule has 0 radical (unpaired) electrons. The van der Waals surface area contributed by atoms with Gasteiger partial charge in [-0.2, -0.15) is 28.2 Å². The number of aromatic nitrogens is 6. The molecule has 0 unspecified atom stereocenters. The largest absolute Gasteiger partial charge is 0.416 e. The van der Waals surface area contributed by atoms with E-state index in [9.17, 15) is 18.0 Å². The number of carbonyl (C=O) groups is 1. The summed E-state index contributed by atoms with van der Waals surface area (Å²) in [5.41, 5.74) is 6.92. The van der Waals surface area contributed by atoms with Crippen molar-refractivity contribution in [2.24, 2.45) is 0 Å². The first-order valence-corrected chi connectivity index (χ1v) is 12.3. The Morgan fingerprint density at radius 3 is 2.51 bits per heavy atom. The average Bonchev–Trinajstić information content (AvgIpc) is 3.58. The van der Waals surface area contributed by atoms with Crippen molar-refractivity contribution in [1.29, 1.82) is 0 Å². The van der Waals surface area contributed by atoms with E-state index in [1.807, 2.05) is 41.8 Å². The lowest BCUT2D eigenvalue weighted by atomic mass is 10.1. The van der Waals surface area contributed by atoms with Gasteiger partial charge in [0, 0.05) is 31.0 Å². The number of anilines is 2. The third-order valence-electron chi connectivity index (χ3n) is 6.14. The molecule has 0 saturated carbocycles. The molecule has 9 nitrogen and oxygen atoms in total. The van der Waals surface area contributed by atoms with Crippen LogP contribution in [0.1, 0.15) is 34.8 Å². The third-order valence-corrected chi connectivity index (χ3v) is 6.14. The fourth-order valence-electron chi connectivity index (χ4n) is 4.27. The Morgan fingerprint density at radius 2 is 1.82 bits per heavy atom. The second-order valence-corrected chi connectivity index (χ2v) is 8.87. The Bertz CT molecular complexity index is 1600. The van der Waals surface area contributed by atoms with Gasteiger partial charge in [0.15, 0.2) is 17.0 Å². The minimum atomic E-state index is -4.60. The molecule has 200 valence electrons. The normalized spacial score (nSPS) is 11.7. The fraction of sp³-hybridized carbons (Fsp3) is 0.222. The van der Waals surface area contributed by atoms with Crippen molar-refractivity contribution in [3.05, 3.63) is 89.7 Å². The van der Waals surface area contributed by atoms with Gasteiger partial charge in [0.2, 0.25) is 11.9 Å². The summed E-state index contributed by atoms with van der Waals surface area (Å²) in [4.78, 5) is 28.6. The summed E-state index contributed by atoms with van der Waals surface area (Å²) in [6, 6.07) is 15.5. The lowest BCUT2D eigenvalue weighted by molar-refractivity contribution is -0.137. The molecule has 0 saturated heterocycles. The monoisotopic (exact) mass is 534 g/mol. The van der Waals surface area contributed by atoms with Crippen LogP contribution in [0.3, 0.4) is 0 Å². The maximum absolute atomic E-state index is 13.7. The molecule has 0 aliphatic heterocycles. The van der Waals surface area contributed by atoms with E-state index in [1.165, 1.54) is 17.0 Å². The first-order valence-electron chi connectivity index (χ1n) is 12.3. The van der Waals surface area contributed by atoms with Gasteiger partial charge in [-0.3, -0.25) is 14.3 Å². The second-order valence-electron chi connectivity index (χ2n) is 8.87. The fourth-order valence-corrected chi connectivity index (χ4v) is 4.27. The first kappa shape index (κ1) is 25.9. The molecule has 12 heteroatoms. The molecule has 2 aromatic carbocycles. The maximum atomic E-state index is 13.7. The summed E-state index contributed by atoms with van der Waals surface area (Å²) in [5, 5.41) is 4.26. The number of alkyl halides is 3. The molecule has 39 heavy (non-hydrogen) atoms. The second kappa shape index (κ2) is 10.6. The van der Waals surface area contributed by atoms with Gasteiger partial charge in [0.05, 0.1) is 5.56 Å². The number of carbonyl (C=O) groups excluding carboxylic acids is 1. The van der Waals surface area contributed by atoms with Gasteiger partial charge in [-0.25, -0.2) is 9.67 Å². The molecule has 1 amide bonds. The highest BCUT2D eigenvalue weighted by molar-refractivity contribution is 6.05. The van der Waals surface area contributed by atoms with Gasteiger partial charge in [-0.05, 0) is 42.7 Å². The quantitative estimate of drug-likeness (QED) is 0.303. The van der Waals surface area contributed by atoms with Gasteiger partial charge in [0.25, 0.3) is 5.91 Å². The lowest BCUT2D eigenvalue weighted by Crippen LogP contribution is -2.35. The summed E-state index contributed by atoms with van der Waals surface area (Å²) in [6.07, 6.45) is -0.0730. The molecule has 5 rings (SSSR count). The van der Waals surface area contributed by atoms with Gasteiger partial charge < -0.3 is 5.73 Å². The van der Waals surface area contributed by atoms with Crippen LogP contribution in [0.25, 0.3) is 17.1 Å². The zero-order chi connectivity index (χ0) is 27.6. The SMILES string of the molecule is CCCn1c(-n2cccn2)nc2c(N)nc(N(CCc3ccccc3)C(=O)c3cccc(C(F)(F)F)c3)nc21. The zero-order valence-corrected chi connectivity index (χ0v) is 21.0. The number of nitrogens with zero attached hydrogens (tertiary/aromatic N) is 7. The van der Waals surface area contributed by atoms with Crippen LogP contribution in [-0.4, -0.2) is 41.8 Å². The van der Waals surface area contributed by atoms with E-state index in [1.54, 1.807) is 23.1 Å². The van der Waals surface area contributed by atoms with E-state index in [-0.39, 0.29) is 23.9 Å². The van der Waals surface area contributed by atoms with E-state index in [0.717, 1.165) is 24.1 Å². The van der Waals surface area contributed by atoms with Crippen molar-refractivity contribution in [3.8, 4) is 5.95 Å². The minimum Gasteiger partial charge on any atom is -0.382 e. The molecule has 5 aromatic rings. The number of rotatable bonds is 8. The molecule has 0 aliphatic rings. The van der Waals surface area contributed by atoms with Gasteiger partial charge in [-0.15, -0.1) is 0 Å². The van der Waals surface area contributed by atoms with Crippen LogP contribution in [0.15, 0.2) is 73.1 Å². The molecular weight excluding hydrogens is 509 g/mol. The number of aryl methyl sites for hydroxylation is 1. The minimum absolute atomic E-state index is 0.0254. The van der Waals surface area contributed by atoms with Crippen LogP contribution in [0.4, 0.5) is 24.9 Å². The number of nitrogens with two attached hydrogens (primary N) is 1. The predicted octanol–water partition coefficient (Wildman–Crippen LogP) is 4.91. The summed E-state index contributed by atoms with van der Waals surface area (Å²) in [6.45, 7) is 2.64. The number of hydrogen-bond donors (Lipinski definition) is 1. The molecule has 0 atom stereocenters. The first-order chi connectivity index (χ1) is 18.8. The number of amides is 1. The Balaban J connectivity index is 1.62. The van der Waals surface area contributed by atoms with Crippen LogP contribution in [0.2, 0.25) is 0 Å². The number of benzene rings is 2. The van der Waals surface area contributed by atoms with Crippen LogP contribution < -0.4 is 10.6 Å². The summed E-state index contributed by atoms with van der Waals surface area (Å²) in [7, 11) is 0. The number of nitrogen functional groups attached to an aromatic ring is 1. The highest BCUT2D eigenvalue weighted by Gasteiger charge is 2.32. The standard InChI is InChI=1S/C27H25F3N8O/c1-2-14-36-23-21(33-26(36)38-15-7-13-32-38)22(31)34-25(35-23)37(16-12-18-8-4-3-5-9-18)24(39)19-10-6-11-20(17-19)27(28,29)30/h3-11,13,15,17H,2,12,14,16H2,1H3,(H2,31,34,35). The van der Waals surface area contributed by atoms with Crippen molar-refractivity contribution >= 4 is 28.8 Å². The van der Waals surface area contributed by atoms with Crippen molar-refractivity contribution in [2.75, 3.05) is 17.2 Å². The van der Waals surface area contributed by atoms with Crippen molar-refractivity contribution in [2.45, 2.75) is 32.5 Å². The van der Waals surface area contributed by atoms with E-state index in [4.69, 9.17) is 5.73 Å². The summed E-state index contributed by atoms with van der Waals surface area (Å²) >= 11 is 0. The number of fused-ring (bicyclic) bond motifs is 1. The molecule has 3 aromatic heterocycles. The summed E-state index contributed by atoms with van der Waals surface area (Å²) < 4.78 is 43.6. The highest BCUT2D eigenvalue weighted by Crippen LogP contribution is 2.30. The molecule has 0 bridgehead atoms. The summed E-state index contributed by atoms with van der Waals surface area (Å²) in [5.74, 6) is -0.179. The van der Waals surface area contributed by atoms with Crippen LogP contribution >= 0.6 is 0 Å². The van der Waals surface area contributed by atoms with Crippen molar-refractivity contribution in [3.63, 3.8) is 0 Å². The number of hydrogen-bond acceptors (Lipinski definition) is 6. The van der Waals surface area contributed by atoms with Crippen LogP contribution in [0.5, 0.6) is 0 Å². The van der Waals surface area contributed by atoms with E-state index in [2.05, 4.69) is 20.1 Å². The average molecular weight is 535 g/mol. The number of halogens is 3. The number of imidazole rings is 1. The Kier molecular flexibility index (Phi) is 7.01.